The van der Waals surface area contributed by atoms with Gasteiger partial charge in [-0.05, 0) is 50.1 Å². The average molecular weight is 669 g/mol. The first-order valence-electron chi connectivity index (χ1n) is 10.9. The van der Waals surface area contributed by atoms with Crippen LogP contribution in [0.3, 0.4) is 0 Å². The number of hydrogen-bond acceptors (Lipinski definition) is 6. The second-order valence-corrected chi connectivity index (χ2v) is 12.2. The van der Waals surface area contributed by atoms with Crippen LogP contribution in [-0.2, 0) is 21.3 Å². The summed E-state index contributed by atoms with van der Waals surface area (Å²) < 4.78 is 44.4. The van der Waals surface area contributed by atoms with E-state index in [-0.39, 0.29) is 21.9 Å². The van der Waals surface area contributed by atoms with Crippen molar-refractivity contribution in [1.82, 2.24) is 4.57 Å². The minimum Gasteiger partial charge on any atom is -0.495 e. The summed E-state index contributed by atoms with van der Waals surface area (Å²) in [6, 6.07) is 7.67. The van der Waals surface area contributed by atoms with Crippen LogP contribution in [0.25, 0.3) is 10.2 Å². The second-order valence-electron chi connectivity index (χ2n) is 7.53. The van der Waals surface area contributed by atoms with Crippen LogP contribution in [0.1, 0.15) is 43.0 Å². The fraction of sp³-hybridized carbons (Fsp3) is 0.391. The van der Waals surface area contributed by atoms with Crippen molar-refractivity contribution in [2.75, 3.05) is 19.0 Å². The summed E-state index contributed by atoms with van der Waals surface area (Å²) in [7, 11) is -2.60. The topological polar surface area (TPSA) is 87.0 Å². The van der Waals surface area contributed by atoms with Crippen molar-refractivity contribution < 1.29 is 22.7 Å². The maximum absolute atomic E-state index is 13.4. The molecule has 0 aliphatic carbocycles. The monoisotopic (exact) mass is 666 g/mol. The Hall–Kier alpha value is -1.40. The molecule has 0 unspecified atom stereocenters. The number of thiazole rings is 1. The lowest BCUT2D eigenvalue weighted by atomic mass is 10.2. The molecule has 0 spiro atoms. The molecule has 0 aliphatic rings. The van der Waals surface area contributed by atoms with E-state index in [4.69, 9.17) is 21.1 Å². The number of rotatable bonds is 11. The van der Waals surface area contributed by atoms with Gasteiger partial charge >= 0.3 is 5.97 Å². The van der Waals surface area contributed by atoms with Gasteiger partial charge in [-0.25, -0.2) is 4.79 Å². The molecule has 3 aromatic rings. The number of fused-ring (bicyclic) bond motifs is 1. The molecule has 190 valence electrons. The zero-order chi connectivity index (χ0) is 25.6. The predicted octanol–water partition coefficient (Wildman–Crippen LogP) is 6.55. The van der Waals surface area contributed by atoms with E-state index in [9.17, 15) is 13.2 Å². The Morgan fingerprint density at radius 2 is 1.91 bits per heavy atom. The van der Waals surface area contributed by atoms with E-state index in [2.05, 4.69) is 36.3 Å². The number of benzene rings is 2. The average Bonchev–Trinajstić information content (AvgIpc) is 3.17. The van der Waals surface area contributed by atoms with E-state index < -0.39 is 16.0 Å². The third kappa shape index (κ3) is 6.88. The number of hydrogen-bond donors (Lipinski definition) is 0. The van der Waals surface area contributed by atoms with Crippen molar-refractivity contribution in [2.24, 2.45) is 4.40 Å². The van der Waals surface area contributed by atoms with Gasteiger partial charge in [-0.1, -0.05) is 67.6 Å². The number of ether oxygens (including phenoxy) is 2. The smallest absolute Gasteiger partial charge is 0.338 e. The highest BCUT2D eigenvalue weighted by molar-refractivity contribution is 9.10. The van der Waals surface area contributed by atoms with Crippen molar-refractivity contribution in [3.8, 4) is 5.75 Å². The highest BCUT2D eigenvalue weighted by atomic mass is 79.9. The van der Waals surface area contributed by atoms with Crippen molar-refractivity contribution in [2.45, 2.75) is 44.0 Å². The van der Waals surface area contributed by atoms with E-state index in [1.165, 1.54) is 29.5 Å². The van der Waals surface area contributed by atoms with E-state index in [1.807, 2.05) is 4.57 Å². The second kappa shape index (κ2) is 12.7. The lowest BCUT2D eigenvalue weighted by molar-refractivity contribution is 0.0526. The SMILES string of the molecule is CCOC(=O)c1cc(Br)cc(S(=O)(=O)/N=c2/sc3c(Cl)ccc(OC)c3n2CCCCCCBr)c1. The lowest BCUT2D eigenvalue weighted by Gasteiger charge is -2.09. The molecule has 0 saturated carbocycles. The summed E-state index contributed by atoms with van der Waals surface area (Å²) in [5, 5.41) is 1.44. The molecular weight excluding hydrogens is 644 g/mol. The predicted molar refractivity (Wildman–Crippen MR) is 146 cm³/mol. The third-order valence-electron chi connectivity index (χ3n) is 5.10. The Labute approximate surface area is 230 Å². The summed E-state index contributed by atoms with van der Waals surface area (Å²) >= 11 is 14.4. The van der Waals surface area contributed by atoms with Crippen LogP contribution in [0.4, 0.5) is 0 Å². The molecule has 3 rings (SSSR count). The molecule has 1 aromatic heterocycles. The number of carbonyl (C=O) groups is 1. The molecule has 1 heterocycles. The molecular formula is C23H25Br2ClN2O5S2. The highest BCUT2D eigenvalue weighted by Crippen LogP contribution is 2.34. The molecule has 0 amide bonds. The quantitative estimate of drug-likeness (QED) is 0.132. The van der Waals surface area contributed by atoms with Crippen LogP contribution in [-0.4, -0.2) is 38.0 Å². The highest BCUT2D eigenvalue weighted by Gasteiger charge is 2.20. The van der Waals surface area contributed by atoms with Crippen LogP contribution in [0.2, 0.25) is 5.02 Å². The normalized spacial score (nSPS) is 12.3. The van der Waals surface area contributed by atoms with Crippen molar-refractivity contribution in [3.63, 3.8) is 0 Å². The molecule has 0 atom stereocenters. The fourth-order valence-corrected chi connectivity index (χ4v) is 7.14. The first-order valence-corrected chi connectivity index (χ1v) is 15.5. The van der Waals surface area contributed by atoms with Crippen molar-refractivity contribution >= 4 is 81.0 Å². The van der Waals surface area contributed by atoms with Crippen molar-refractivity contribution in [3.05, 3.63) is 50.2 Å². The van der Waals surface area contributed by atoms with Gasteiger partial charge in [0.15, 0.2) is 0 Å². The number of carbonyl (C=O) groups excluding carboxylic acids is 1. The van der Waals surface area contributed by atoms with Crippen LogP contribution in [0, 0.1) is 0 Å². The summed E-state index contributed by atoms with van der Waals surface area (Å²) in [4.78, 5) is 12.4. The van der Waals surface area contributed by atoms with Gasteiger partial charge < -0.3 is 14.0 Å². The van der Waals surface area contributed by atoms with Gasteiger partial charge in [0.05, 0.1) is 33.9 Å². The van der Waals surface area contributed by atoms with E-state index in [0.29, 0.717) is 32.0 Å². The molecule has 0 aliphatic heterocycles. The van der Waals surface area contributed by atoms with E-state index >= 15 is 0 Å². The number of aryl methyl sites for hydroxylation is 1. The molecule has 0 N–H and O–H groups in total. The zero-order valence-corrected chi connectivity index (χ0v) is 24.8. The molecule has 0 bridgehead atoms. The summed E-state index contributed by atoms with van der Waals surface area (Å²) in [5.41, 5.74) is 0.830. The van der Waals surface area contributed by atoms with E-state index in [0.717, 1.165) is 31.0 Å². The van der Waals surface area contributed by atoms with Gasteiger partial charge in [0, 0.05) is 16.3 Å². The molecule has 35 heavy (non-hydrogen) atoms. The lowest BCUT2D eigenvalue weighted by Crippen LogP contribution is -2.18. The van der Waals surface area contributed by atoms with Crippen LogP contribution >= 0.6 is 54.8 Å². The Bertz CT molecular complexity index is 1390. The Balaban J connectivity index is 2.14. The zero-order valence-electron chi connectivity index (χ0n) is 19.2. The summed E-state index contributed by atoms with van der Waals surface area (Å²) in [6.45, 7) is 2.42. The molecule has 0 saturated heterocycles. The number of sulfonamides is 1. The maximum atomic E-state index is 13.4. The number of nitrogens with zero attached hydrogens (tertiary/aromatic N) is 2. The number of esters is 1. The summed E-state index contributed by atoms with van der Waals surface area (Å²) in [5.74, 6) is -0.0193. The molecule has 7 nitrogen and oxygen atoms in total. The summed E-state index contributed by atoms with van der Waals surface area (Å²) in [6.07, 6.45) is 3.96. The van der Waals surface area contributed by atoms with Gasteiger partial charge in [0.2, 0.25) is 4.80 Å². The van der Waals surface area contributed by atoms with Crippen LogP contribution in [0.15, 0.2) is 44.1 Å². The number of unbranched alkanes of at least 4 members (excludes halogenated alkanes) is 3. The Morgan fingerprint density at radius 3 is 2.60 bits per heavy atom. The Morgan fingerprint density at radius 1 is 1.17 bits per heavy atom. The van der Waals surface area contributed by atoms with Gasteiger partial charge in [-0.2, -0.15) is 8.42 Å². The number of methoxy groups -OCH3 is 1. The number of aromatic nitrogens is 1. The first kappa shape index (κ1) is 28.2. The largest absolute Gasteiger partial charge is 0.495 e. The minimum atomic E-state index is -4.16. The maximum Gasteiger partial charge on any atom is 0.338 e. The number of halogens is 3. The van der Waals surface area contributed by atoms with Gasteiger partial charge in [-0.15, -0.1) is 4.40 Å². The first-order chi connectivity index (χ1) is 16.7. The molecule has 0 radical (unpaired) electrons. The van der Waals surface area contributed by atoms with Gasteiger partial charge in [0.1, 0.15) is 11.3 Å². The Kier molecular flexibility index (Phi) is 10.2. The number of alkyl halides is 1. The fourth-order valence-electron chi connectivity index (χ4n) is 3.48. The minimum absolute atomic E-state index is 0.116. The third-order valence-corrected chi connectivity index (χ3v) is 9.02. The molecule has 2 aromatic carbocycles. The van der Waals surface area contributed by atoms with Crippen LogP contribution in [0.5, 0.6) is 5.75 Å². The molecule has 0 fully saturated rings. The van der Waals surface area contributed by atoms with Gasteiger partial charge in [-0.3, -0.25) is 0 Å². The van der Waals surface area contributed by atoms with E-state index in [1.54, 1.807) is 26.2 Å². The van der Waals surface area contributed by atoms with Gasteiger partial charge in [0.25, 0.3) is 10.0 Å². The standard InChI is InChI=1S/C23H25Br2ClN2O5S2/c1-3-33-22(29)15-12-16(25)14-17(13-15)35(30,31)27-23-28(11-7-5-4-6-10-24)20-19(32-2)9-8-18(26)21(20)34-23/h8-9,12-14H,3-7,10-11H2,1-2H3/b27-23+. The molecule has 12 heteroatoms. The van der Waals surface area contributed by atoms with Crippen LogP contribution < -0.4 is 9.54 Å². The van der Waals surface area contributed by atoms with Crippen molar-refractivity contribution in [1.29, 1.82) is 0 Å².